The highest BCUT2D eigenvalue weighted by molar-refractivity contribution is 7.81. The average molecular weight is 704 g/mol. The number of esters is 1. The van der Waals surface area contributed by atoms with Gasteiger partial charge in [0.25, 0.3) is 11.8 Å². The number of carbonyl (C=O) groups is 4. The summed E-state index contributed by atoms with van der Waals surface area (Å²) < 4.78 is 10.7. The minimum atomic E-state index is -1.11. The Morgan fingerprint density at radius 1 is 0.902 bits per heavy atom. The van der Waals surface area contributed by atoms with Gasteiger partial charge in [0, 0.05) is 17.8 Å². The molecule has 1 heterocycles. The van der Waals surface area contributed by atoms with Crippen molar-refractivity contribution >= 4 is 47.9 Å². The van der Waals surface area contributed by atoms with E-state index in [1.807, 2.05) is 91.0 Å². The van der Waals surface area contributed by atoms with Crippen molar-refractivity contribution < 1.29 is 28.7 Å². The van der Waals surface area contributed by atoms with Crippen molar-refractivity contribution in [3.8, 4) is 11.8 Å². The molecule has 1 aliphatic heterocycles. The molecule has 0 bridgehead atoms. The molecule has 1 aliphatic rings. The van der Waals surface area contributed by atoms with Gasteiger partial charge < -0.3 is 19.7 Å². The second-order valence-electron chi connectivity index (χ2n) is 12.9. The van der Waals surface area contributed by atoms with E-state index < -0.39 is 40.9 Å². The zero-order valence-corrected chi connectivity index (χ0v) is 29.9. The van der Waals surface area contributed by atoms with Crippen molar-refractivity contribution in [3.05, 3.63) is 131 Å². The normalized spacial score (nSPS) is 15.4. The number of benzene rings is 4. The van der Waals surface area contributed by atoms with E-state index in [2.05, 4.69) is 29.8 Å². The summed E-state index contributed by atoms with van der Waals surface area (Å²) in [6, 6.07) is 30.6. The number of hydrogen-bond acceptors (Lipinski definition) is 7. The van der Waals surface area contributed by atoms with Gasteiger partial charge in [0.15, 0.2) is 0 Å². The number of nitrogens with one attached hydrogen (secondary N) is 1. The van der Waals surface area contributed by atoms with Gasteiger partial charge in [-0.05, 0) is 69.2 Å². The second kappa shape index (κ2) is 16.5. The third-order valence-electron chi connectivity index (χ3n) is 7.97. The van der Waals surface area contributed by atoms with Crippen molar-refractivity contribution in [1.29, 1.82) is 0 Å². The standard InChI is InChI=1S/C41H41N3O6S/c1-5-49-36(45)26-35(29-15-9-6-10-16-29)44-37(30-17-11-7-12-18-30)39(47)43(31-19-13-8-14-20-31)34-24-22-28(25-33(34)38(44)46)21-23-32(51)27-42-40(48)50-41(2,3)4/h6-20,22,24-25,32,35,37,51H,5,26-27H2,1-4H3,(H,42,48). The van der Waals surface area contributed by atoms with Crippen molar-refractivity contribution in [2.75, 3.05) is 18.1 Å². The van der Waals surface area contributed by atoms with E-state index in [9.17, 15) is 9.59 Å². The number of anilines is 2. The number of thiol groups is 1. The molecule has 3 atom stereocenters. The molecule has 5 rings (SSSR count). The van der Waals surface area contributed by atoms with Crippen LogP contribution < -0.4 is 10.2 Å². The summed E-state index contributed by atoms with van der Waals surface area (Å²) in [6.07, 6.45) is -0.750. The zero-order chi connectivity index (χ0) is 36.5. The number of rotatable bonds is 9. The summed E-state index contributed by atoms with van der Waals surface area (Å²) in [5.41, 5.74) is 2.29. The fraction of sp³-hybridized carbons (Fsp3) is 0.268. The first-order valence-corrected chi connectivity index (χ1v) is 17.3. The Balaban J connectivity index is 1.64. The zero-order valence-electron chi connectivity index (χ0n) is 29.0. The van der Waals surface area contributed by atoms with Crippen molar-refractivity contribution in [1.82, 2.24) is 10.2 Å². The van der Waals surface area contributed by atoms with Gasteiger partial charge in [0.1, 0.15) is 11.6 Å². The average Bonchev–Trinajstić information content (AvgIpc) is 3.20. The van der Waals surface area contributed by atoms with E-state index in [-0.39, 0.29) is 31.0 Å². The molecule has 0 aliphatic carbocycles. The minimum Gasteiger partial charge on any atom is -0.466 e. The molecule has 0 saturated heterocycles. The van der Waals surface area contributed by atoms with Gasteiger partial charge >= 0.3 is 12.1 Å². The Morgan fingerprint density at radius 2 is 1.53 bits per heavy atom. The highest BCUT2D eigenvalue weighted by Gasteiger charge is 2.45. The fourth-order valence-corrected chi connectivity index (χ4v) is 6.00. The fourth-order valence-electron chi connectivity index (χ4n) is 5.84. The summed E-state index contributed by atoms with van der Waals surface area (Å²) >= 11 is 4.52. The third kappa shape index (κ3) is 9.18. The lowest BCUT2D eigenvalue weighted by atomic mass is 9.95. The first kappa shape index (κ1) is 36.7. The van der Waals surface area contributed by atoms with Crippen LogP contribution in [-0.4, -0.2) is 52.8 Å². The third-order valence-corrected chi connectivity index (χ3v) is 8.28. The Labute approximate surface area is 304 Å². The molecular formula is C41H41N3O6S. The van der Waals surface area contributed by atoms with Crippen LogP contribution in [0.15, 0.2) is 109 Å². The summed E-state index contributed by atoms with van der Waals surface area (Å²) in [6.45, 7) is 7.35. The molecular weight excluding hydrogens is 663 g/mol. The predicted molar refractivity (Wildman–Crippen MR) is 200 cm³/mol. The Morgan fingerprint density at radius 3 is 2.16 bits per heavy atom. The molecule has 4 aromatic rings. The summed E-state index contributed by atoms with van der Waals surface area (Å²) in [5, 5.41) is 2.12. The van der Waals surface area contributed by atoms with E-state index in [0.717, 1.165) is 0 Å². The number of hydrogen-bond donors (Lipinski definition) is 2. The van der Waals surface area contributed by atoms with Crippen LogP contribution in [0.3, 0.4) is 0 Å². The van der Waals surface area contributed by atoms with Crippen LogP contribution >= 0.6 is 12.6 Å². The largest absolute Gasteiger partial charge is 0.466 e. The van der Waals surface area contributed by atoms with Gasteiger partial charge in [0.2, 0.25) is 0 Å². The van der Waals surface area contributed by atoms with Crippen LogP contribution in [0.1, 0.15) is 73.2 Å². The van der Waals surface area contributed by atoms with Crippen LogP contribution in [0.2, 0.25) is 0 Å². The number of fused-ring (bicyclic) bond motifs is 1. The van der Waals surface area contributed by atoms with E-state index in [4.69, 9.17) is 9.47 Å². The number of amides is 3. The molecule has 0 spiro atoms. The van der Waals surface area contributed by atoms with Gasteiger partial charge in [-0.3, -0.25) is 19.3 Å². The van der Waals surface area contributed by atoms with E-state index >= 15 is 9.59 Å². The van der Waals surface area contributed by atoms with Crippen molar-refractivity contribution in [2.45, 2.75) is 57.1 Å². The molecule has 3 amide bonds. The van der Waals surface area contributed by atoms with Crippen molar-refractivity contribution in [3.63, 3.8) is 0 Å². The number of ether oxygens (including phenoxy) is 2. The SMILES string of the molecule is CCOC(=O)CC(c1ccccc1)N1C(=O)c2cc(C#CC(S)CNC(=O)OC(C)(C)C)ccc2N(c2ccccc2)C(=O)C1c1ccccc1. The molecule has 3 unspecified atom stereocenters. The van der Waals surface area contributed by atoms with Crippen LogP contribution in [0.5, 0.6) is 0 Å². The first-order valence-electron chi connectivity index (χ1n) is 16.7. The maximum absolute atomic E-state index is 15.1. The van der Waals surface area contributed by atoms with Gasteiger partial charge in [-0.1, -0.05) is 90.7 Å². The Bertz CT molecular complexity index is 1920. The van der Waals surface area contributed by atoms with E-state index in [1.54, 1.807) is 50.8 Å². The monoisotopic (exact) mass is 703 g/mol. The quantitative estimate of drug-likeness (QED) is 0.107. The van der Waals surface area contributed by atoms with Gasteiger partial charge in [-0.25, -0.2) is 4.79 Å². The van der Waals surface area contributed by atoms with Gasteiger partial charge in [-0.2, -0.15) is 12.6 Å². The van der Waals surface area contributed by atoms with Crippen LogP contribution in [0.25, 0.3) is 0 Å². The number of carbonyl (C=O) groups excluding carboxylic acids is 4. The number of nitrogens with zero attached hydrogens (tertiary/aromatic N) is 2. The summed E-state index contributed by atoms with van der Waals surface area (Å²) in [7, 11) is 0. The molecule has 0 saturated carbocycles. The number of alkyl carbamates (subject to hydrolysis) is 1. The summed E-state index contributed by atoms with van der Waals surface area (Å²) in [5.74, 6) is 4.77. The Kier molecular flexibility index (Phi) is 11.9. The smallest absolute Gasteiger partial charge is 0.407 e. The first-order chi connectivity index (χ1) is 24.5. The van der Waals surface area contributed by atoms with E-state index in [0.29, 0.717) is 28.1 Å². The lowest BCUT2D eigenvalue weighted by molar-refractivity contribution is -0.145. The van der Waals surface area contributed by atoms with Gasteiger partial charge in [0.05, 0.1) is 35.6 Å². The molecule has 0 aromatic heterocycles. The maximum atomic E-state index is 15.1. The molecule has 4 aromatic carbocycles. The summed E-state index contributed by atoms with van der Waals surface area (Å²) in [4.78, 5) is 58.6. The van der Waals surface area contributed by atoms with Crippen LogP contribution in [-0.2, 0) is 19.1 Å². The Hall–Kier alpha value is -5.53. The second-order valence-corrected chi connectivity index (χ2v) is 13.5. The predicted octanol–water partition coefficient (Wildman–Crippen LogP) is 7.42. The molecule has 262 valence electrons. The van der Waals surface area contributed by atoms with Crippen molar-refractivity contribution in [2.24, 2.45) is 0 Å². The topological polar surface area (TPSA) is 105 Å². The van der Waals surface area contributed by atoms with Crippen LogP contribution in [0, 0.1) is 11.8 Å². The van der Waals surface area contributed by atoms with Crippen LogP contribution in [0.4, 0.5) is 16.2 Å². The van der Waals surface area contributed by atoms with Gasteiger partial charge in [-0.15, -0.1) is 0 Å². The van der Waals surface area contributed by atoms with E-state index in [1.165, 1.54) is 4.90 Å². The lowest BCUT2D eigenvalue weighted by Crippen LogP contribution is -2.43. The molecule has 1 N–H and O–H groups in total. The highest BCUT2D eigenvalue weighted by Crippen LogP contribution is 2.43. The maximum Gasteiger partial charge on any atom is 0.407 e. The molecule has 0 fully saturated rings. The molecule has 9 nitrogen and oxygen atoms in total. The highest BCUT2D eigenvalue weighted by atomic mass is 32.1. The molecule has 51 heavy (non-hydrogen) atoms. The molecule has 10 heteroatoms. The number of para-hydroxylation sites is 1. The molecule has 0 radical (unpaired) electrons. The lowest BCUT2D eigenvalue weighted by Gasteiger charge is -2.37. The minimum absolute atomic E-state index is 0.129.